The lowest BCUT2D eigenvalue weighted by Crippen LogP contribution is -2.12. The van der Waals surface area contributed by atoms with Gasteiger partial charge in [-0.3, -0.25) is 4.79 Å². The summed E-state index contributed by atoms with van der Waals surface area (Å²) in [5.41, 5.74) is 11.6. The lowest BCUT2D eigenvalue weighted by molar-refractivity contribution is 0.0999. The van der Waals surface area contributed by atoms with E-state index in [9.17, 15) is 9.18 Å². The summed E-state index contributed by atoms with van der Waals surface area (Å²) < 4.78 is 16.5. The molecule has 0 unspecified atom stereocenters. The molecule has 3 N–H and O–H groups in total. The number of anilines is 1. The maximum Gasteiger partial charge on any atom is 0.248 e. The summed E-state index contributed by atoms with van der Waals surface area (Å²) in [7, 11) is 1.74. The molecular formula is C24H22FN5O. The van der Waals surface area contributed by atoms with Crippen molar-refractivity contribution < 1.29 is 9.18 Å². The Labute approximate surface area is 179 Å². The average molecular weight is 415 g/mol. The lowest BCUT2D eigenvalue weighted by Gasteiger charge is -2.11. The zero-order chi connectivity index (χ0) is 22.1. The van der Waals surface area contributed by atoms with E-state index in [1.165, 1.54) is 6.07 Å². The number of pyridine rings is 1. The largest absolute Gasteiger partial charge is 0.388 e. The smallest absolute Gasteiger partial charge is 0.248 e. The third-order valence-electron chi connectivity index (χ3n) is 5.30. The molecule has 0 saturated carbocycles. The molecule has 0 bridgehead atoms. The van der Waals surface area contributed by atoms with Gasteiger partial charge in [-0.05, 0) is 54.4 Å². The van der Waals surface area contributed by atoms with Crippen molar-refractivity contribution in [1.29, 1.82) is 0 Å². The monoisotopic (exact) mass is 415 g/mol. The van der Waals surface area contributed by atoms with Gasteiger partial charge in [0.05, 0.1) is 18.6 Å². The molecule has 2 aromatic heterocycles. The fourth-order valence-electron chi connectivity index (χ4n) is 3.64. The van der Waals surface area contributed by atoms with Crippen LogP contribution in [0.5, 0.6) is 0 Å². The quantitative estimate of drug-likeness (QED) is 0.489. The number of primary amides is 1. The van der Waals surface area contributed by atoms with Crippen molar-refractivity contribution in [3.63, 3.8) is 0 Å². The molecule has 4 aromatic rings. The van der Waals surface area contributed by atoms with Gasteiger partial charge in [-0.1, -0.05) is 18.7 Å². The number of rotatable bonds is 6. The van der Waals surface area contributed by atoms with Crippen LogP contribution in [0.2, 0.25) is 0 Å². The molecule has 0 spiro atoms. The van der Waals surface area contributed by atoms with Crippen LogP contribution >= 0.6 is 0 Å². The zero-order valence-electron chi connectivity index (χ0n) is 17.3. The van der Waals surface area contributed by atoms with Crippen LogP contribution in [0.4, 0.5) is 10.1 Å². The van der Waals surface area contributed by atoms with Crippen molar-refractivity contribution in [2.45, 2.75) is 13.5 Å². The van der Waals surface area contributed by atoms with Gasteiger partial charge in [0.25, 0.3) is 0 Å². The molecule has 0 aliphatic rings. The van der Waals surface area contributed by atoms with Gasteiger partial charge in [-0.15, -0.1) is 0 Å². The highest BCUT2D eigenvalue weighted by atomic mass is 19.1. The summed E-state index contributed by atoms with van der Waals surface area (Å²) in [5, 5.41) is 2.97. The first-order chi connectivity index (χ1) is 14.9. The molecule has 7 heteroatoms. The molecule has 6 nitrogen and oxygen atoms in total. The molecule has 1 amide bonds. The predicted molar refractivity (Wildman–Crippen MR) is 121 cm³/mol. The molecule has 31 heavy (non-hydrogen) atoms. The molecule has 0 atom stereocenters. The van der Waals surface area contributed by atoms with Gasteiger partial charge in [0.1, 0.15) is 11.3 Å². The highest BCUT2D eigenvalue weighted by Gasteiger charge is 2.13. The number of fused-ring (bicyclic) bond motifs is 1. The van der Waals surface area contributed by atoms with E-state index in [0.717, 1.165) is 22.4 Å². The molecule has 0 aliphatic heterocycles. The van der Waals surface area contributed by atoms with Crippen molar-refractivity contribution in [3.05, 3.63) is 83.4 Å². The molecular weight excluding hydrogens is 393 g/mol. The molecule has 156 valence electrons. The number of nitrogens with two attached hydrogens (primary N) is 1. The molecule has 2 aromatic carbocycles. The van der Waals surface area contributed by atoms with Crippen LogP contribution in [0, 0.1) is 12.7 Å². The Bertz CT molecular complexity index is 1330. The number of aryl methyl sites for hydroxylation is 1. The number of carbonyl (C=O) groups excluding carboxylic acids is 1. The van der Waals surface area contributed by atoms with E-state index in [1.807, 2.05) is 35.8 Å². The number of halogens is 1. The number of aromatic nitrogens is 3. The van der Waals surface area contributed by atoms with E-state index in [0.29, 0.717) is 28.0 Å². The second-order valence-electron chi connectivity index (χ2n) is 7.29. The normalized spacial score (nSPS) is 10.9. The maximum absolute atomic E-state index is 14.7. The summed E-state index contributed by atoms with van der Waals surface area (Å²) in [6, 6.07) is 12.4. The Kier molecular flexibility index (Phi) is 5.25. The van der Waals surface area contributed by atoms with Crippen LogP contribution in [0.15, 0.2) is 55.4 Å². The lowest BCUT2D eigenvalue weighted by atomic mass is 10.0. The van der Waals surface area contributed by atoms with Crippen LogP contribution < -0.4 is 11.1 Å². The third kappa shape index (κ3) is 3.77. The van der Waals surface area contributed by atoms with Crippen molar-refractivity contribution in [3.8, 4) is 11.3 Å². The van der Waals surface area contributed by atoms with Gasteiger partial charge in [0.2, 0.25) is 5.91 Å². The molecule has 2 heterocycles. The first-order valence-electron chi connectivity index (χ1n) is 9.76. The summed E-state index contributed by atoms with van der Waals surface area (Å²) in [5.74, 6) is -0.777. The Morgan fingerprint density at radius 3 is 2.74 bits per heavy atom. The molecule has 0 aliphatic carbocycles. The Hall–Kier alpha value is -4.00. The molecule has 0 fully saturated rings. The Morgan fingerprint density at radius 2 is 2.06 bits per heavy atom. The minimum Gasteiger partial charge on any atom is -0.388 e. The predicted octanol–water partition coefficient (Wildman–Crippen LogP) is 4.38. The highest BCUT2D eigenvalue weighted by molar-refractivity contribution is 5.95. The maximum atomic E-state index is 14.7. The van der Waals surface area contributed by atoms with E-state index < -0.39 is 5.91 Å². The third-order valence-corrected chi connectivity index (χ3v) is 5.30. The van der Waals surface area contributed by atoms with E-state index in [2.05, 4.69) is 16.9 Å². The SMILES string of the molecule is C=Cc1cc(Cn2cnc3ccc(-c4ccc(C(N)=O)c(C)c4)nc32)c(F)cc1NC. The summed E-state index contributed by atoms with van der Waals surface area (Å²) >= 11 is 0. The van der Waals surface area contributed by atoms with Crippen LogP contribution in [-0.4, -0.2) is 27.5 Å². The number of nitrogens with one attached hydrogen (secondary N) is 1. The van der Waals surface area contributed by atoms with Crippen LogP contribution in [0.3, 0.4) is 0 Å². The molecule has 0 radical (unpaired) electrons. The van der Waals surface area contributed by atoms with Crippen LogP contribution in [0.1, 0.15) is 27.0 Å². The van der Waals surface area contributed by atoms with Crippen LogP contribution in [0.25, 0.3) is 28.5 Å². The average Bonchev–Trinajstić information content (AvgIpc) is 3.16. The fourth-order valence-corrected chi connectivity index (χ4v) is 3.64. The first kappa shape index (κ1) is 20.3. The van der Waals surface area contributed by atoms with Crippen molar-refractivity contribution in [2.75, 3.05) is 12.4 Å². The number of hydrogen-bond acceptors (Lipinski definition) is 4. The van der Waals surface area contributed by atoms with E-state index in [1.54, 1.807) is 31.6 Å². The first-order valence-corrected chi connectivity index (χ1v) is 9.76. The van der Waals surface area contributed by atoms with Crippen molar-refractivity contribution >= 4 is 28.8 Å². The van der Waals surface area contributed by atoms with Gasteiger partial charge in [0.15, 0.2) is 5.65 Å². The number of amides is 1. The van der Waals surface area contributed by atoms with Gasteiger partial charge in [-0.25, -0.2) is 14.4 Å². The topological polar surface area (TPSA) is 85.8 Å². The standard InChI is InChI=1S/C24H22FN5O/c1-4-15-10-17(19(25)11-22(15)27-3)12-30-13-28-21-8-7-20(29-24(21)30)16-5-6-18(23(26)31)14(2)9-16/h4-11,13,27H,1,12H2,2-3H3,(H2,26,31). The molecule has 0 saturated heterocycles. The Morgan fingerprint density at radius 1 is 1.26 bits per heavy atom. The van der Waals surface area contributed by atoms with Crippen LogP contribution in [-0.2, 0) is 6.54 Å². The van der Waals surface area contributed by atoms with Gasteiger partial charge in [0, 0.05) is 29.4 Å². The second-order valence-corrected chi connectivity index (χ2v) is 7.29. The van der Waals surface area contributed by atoms with E-state index in [-0.39, 0.29) is 12.4 Å². The van der Waals surface area contributed by atoms with Gasteiger partial charge >= 0.3 is 0 Å². The summed E-state index contributed by atoms with van der Waals surface area (Å²) in [6.45, 7) is 5.92. The number of carbonyl (C=O) groups is 1. The highest BCUT2D eigenvalue weighted by Crippen LogP contribution is 2.25. The zero-order valence-corrected chi connectivity index (χ0v) is 17.3. The summed E-state index contributed by atoms with van der Waals surface area (Å²) in [4.78, 5) is 20.6. The minimum absolute atomic E-state index is 0.281. The number of imidazole rings is 1. The second kappa shape index (κ2) is 8.02. The van der Waals surface area contributed by atoms with E-state index >= 15 is 0 Å². The van der Waals surface area contributed by atoms with E-state index in [4.69, 9.17) is 10.7 Å². The minimum atomic E-state index is -0.462. The van der Waals surface area contributed by atoms with Crippen molar-refractivity contribution in [1.82, 2.24) is 14.5 Å². The molecule has 4 rings (SSSR count). The van der Waals surface area contributed by atoms with Gasteiger partial charge in [-0.2, -0.15) is 0 Å². The number of benzene rings is 2. The van der Waals surface area contributed by atoms with Gasteiger partial charge < -0.3 is 15.6 Å². The van der Waals surface area contributed by atoms with Crippen molar-refractivity contribution in [2.24, 2.45) is 5.73 Å². The number of nitrogens with zero attached hydrogens (tertiary/aromatic N) is 3. The fraction of sp³-hybridized carbons (Fsp3) is 0.125. The summed E-state index contributed by atoms with van der Waals surface area (Å²) in [6.07, 6.45) is 3.34. The Balaban J connectivity index is 1.74. The number of hydrogen-bond donors (Lipinski definition) is 2.